The Balaban J connectivity index is 1.88. The minimum Gasteiger partial charge on any atom is -0.340 e. The van der Waals surface area contributed by atoms with Gasteiger partial charge in [0.1, 0.15) is 0 Å². The van der Waals surface area contributed by atoms with Gasteiger partial charge >= 0.3 is 0 Å². The summed E-state index contributed by atoms with van der Waals surface area (Å²) >= 11 is 0. The molecule has 1 heterocycles. The van der Waals surface area contributed by atoms with Gasteiger partial charge in [-0.25, -0.2) is 0 Å². The predicted molar refractivity (Wildman–Crippen MR) is 75.4 cm³/mol. The highest BCUT2D eigenvalue weighted by Crippen LogP contribution is 2.28. The zero-order chi connectivity index (χ0) is 13.0. The second-order valence-corrected chi connectivity index (χ2v) is 6.64. The van der Waals surface area contributed by atoms with Gasteiger partial charge < -0.3 is 4.90 Å². The van der Waals surface area contributed by atoms with E-state index in [0.29, 0.717) is 23.8 Å². The molecule has 2 atom stereocenters. The van der Waals surface area contributed by atoms with Gasteiger partial charge in [0.2, 0.25) is 5.91 Å². The number of rotatable bonds is 2. The average molecular weight is 251 g/mol. The van der Waals surface area contributed by atoms with Crippen molar-refractivity contribution in [1.82, 2.24) is 4.90 Å². The quantitative estimate of drug-likeness (QED) is 0.726. The van der Waals surface area contributed by atoms with Crippen LogP contribution in [0.4, 0.5) is 0 Å². The Hall–Kier alpha value is -0.530. The largest absolute Gasteiger partial charge is 0.340 e. The van der Waals surface area contributed by atoms with Gasteiger partial charge in [-0.05, 0) is 44.4 Å². The van der Waals surface area contributed by atoms with Crippen molar-refractivity contribution in [2.45, 2.75) is 77.7 Å². The maximum absolute atomic E-state index is 12.5. The summed E-state index contributed by atoms with van der Waals surface area (Å²) in [5.74, 6) is 1.80. The number of amides is 1. The molecule has 2 fully saturated rings. The van der Waals surface area contributed by atoms with Crippen molar-refractivity contribution in [2.75, 3.05) is 6.54 Å². The third-order valence-electron chi connectivity index (χ3n) is 4.87. The van der Waals surface area contributed by atoms with E-state index in [1.165, 1.54) is 51.4 Å². The molecule has 2 rings (SSSR count). The number of likely N-dealkylation sites (tertiary alicyclic amines) is 1. The van der Waals surface area contributed by atoms with E-state index in [-0.39, 0.29) is 0 Å². The van der Waals surface area contributed by atoms with Gasteiger partial charge in [-0.15, -0.1) is 0 Å². The van der Waals surface area contributed by atoms with E-state index in [0.717, 1.165) is 13.0 Å². The summed E-state index contributed by atoms with van der Waals surface area (Å²) in [6.07, 6.45) is 11.2. The van der Waals surface area contributed by atoms with Crippen LogP contribution >= 0.6 is 0 Å². The zero-order valence-corrected chi connectivity index (χ0v) is 12.2. The van der Waals surface area contributed by atoms with Gasteiger partial charge in [0, 0.05) is 19.0 Å². The lowest BCUT2D eigenvalue weighted by Gasteiger charge is -2.31. The molecule has 2 heteroatoms. The molecule has 1 saturated heterocycles. The number of hydrogen-bond donors (Lipinski definition) is 0. The zero-order valence-electron chi connectivity index (χ0n) is 12.2. The third-order valence-corrected chi connectivity index (χ3v) is 4.87. The Bertz CT molecular complexity index is 270. The van der Waals surface area contributed by atoms with Crippen LogP contribution in [-0.2, 0) is 4.79 Å². The van der Waals surface area contributed by atoms with Gasteiger partial charge in [0.05, 0.1) is 0 Å². The van der Waals surface area contributed by atoms with Gasteiger partial charge in [-0.3, -0.25) is 4.79 Å². The van der Waals surface area contributed by atoms with Crippen LogP contribution in [0.1, 0.15) is 71.6 Å². The molecule has 1 aliphatic heterocycles. The minimum absolute atomic E-state index is 0.433. The van der Waals surface area contributed by atoms with Crippen molar-refractivity contribution in [3.63, 3.8) is 0 Å². The summed E-state index contributed by atoms with van der Waals surface area (Å²) in [5, 5.41) is 0. The first-order chi connectivity index (χ1) is 8.66. The second kappa shape index (κ2) is 6.58. The van der Waals surface area contributed by atoms with E-state index in [2.05, 4.69) is 18.7 Å². The molecule has 1 amide bonds. The molecule has 0 spiro atoms. The first-order valence-electron chi connectivity index (χ1n) is 7.96. The Kier molecular flexibility index (Phi) is 5.08. The highest BCUT2D eigenvalue weighted by Gasteiger charge is 2.27. The molecular weight excluding hydrogens is 222 g/mol. The first-order valence-corrected chi connectivity index (χ1v) is 7.96. The van der Waals surface area contributed by atoms with Crippen molar-refractivity contribution < 1.29 is 4.79 Å². The summed E-state index contributed by atoms with van der Waals surface area (Å²) in [4.78, 5) is 14.7. The number of nitrogens with zero attached hydrogens (tertiary/aromatic N) is 1. The van der Waals surface area contributed by atoms with E-state index < -0.39 is 0 Å². The standard InChI is InChI=1S/C16H29NO/c1-13-7-6-8-14(2)17(12-13)16(18)11-15-9-4-3-5-10-15/h13-15H,3-12H2,1-2H3/t13-,14-/m1/s1. The highest BCUT2D eigenvalue weighted by molar-refractivity contribution is 5.76. The third kappa shape index (κ3) is 3.73. The van der Waals surface area contributed by atoms with Crippen molar-refractivity contribution in [3.05, 3.63) is 0 Å². The summed E-state index contributed by atoms with van der Waals surface area (Å²) < 4.78 is 0. The minimum atomic E-state index is 0.433. The molecule has 2 nitrogen and oxygen atoms in total. The van der Waals surface area contributed by atoms with E-state index in [1.807, 2.05) is 0 Å². The van der Waals surface area contributed by atoms with E-state index >= 15 is 0 Å². The molecule has 0 N–H and O–H groups in total. The van der Waals surface area contributed by atoms with E-state index in [4.69, 9.17) is 0 Å². The number of carbonyl (C=O) groups excluding carboxylic acids is 1. The molecule has 18 heavy (non-hydrogen) atoms. The Morgan fingerprint density at radius 2 is 1.72 bits per heavy atom. The van der Waals surface area contributed by atoms with Crippen LogP contribution in [0, 0.1) is 11.8 Å². The summed E-state index contributed by atoms with van der Waals surface area (Å²) in [5.41, 5.74) is 0. The SMILES string of the molecule is C[C@@H]1CCC[C@@H](C)N(C(=O)CC2CCCCC2)C1. The molecule has 104 valence electrons. The number of carbonyl (C=O) groups is 1. The van der Waals surface area contributed by atoms with Gasteiger partial charge in [0.15, 0.2) is 0 Å². The molecule has 0 aromatic heterocycles. The fraction of sp³-hybridized carbons (Fsp3) is 0.938. The van der Waals surface area contributed by atoms with E-state index in [9.17, 15) is 4.79 Å². The topological polar surface area (TPSA) is 20.3 Å². The van der Waals surface area contributed by atoms with Gasteiger partial charge in [0.25, 0.3) is 0 Å². The monoisotopic (exact) mass is 251 g/mol. The highest BCUT2D eigenvalue weighted by atomic mass is 16.2. The fourth-order valence-electron chi connectivity index (χ4n) is 3.63. The summed E-state index contributed by atoms with van der Waals surface area (Å²) in [6, 6.07) is 0.464. The summed E-state index contributed by atoms with van der Waals surface area (Å²) in [6.45, 7) is 5.52. The maximum Gasteiger partial charge on any atom is 0.223 e. The van der Waals surface area contributed by atoms with Crippen LogP contribution in [-0.4, -0.2) is 23.4 Å². The van der Waals surface area contributed by atoms with Crippen molar-refractivity contribution in [2.24, 2.45) is 11.8 Å². The van der Waals surface area contributed by atoms with Crippen LogP contribution in [0.2, 0.25) is 0 Å². The van der Waals surface area contributed by atoms with Crippen molar-refractivity contribution >= 4 is 5.91 Å². The molecule has 0 aromatic rings. The molecule has 1 aliphatic carbocycles. The molecule has 1 saturated carbocycles. The van der Waals surface area contributed by atoms with Crippen molar-refractivity contribution in [3.8, 4) is 0 Å². The molecule has 0 bridgehead atoms. The van der Waals surface area contributed by atoms with Crippen LogP contribution in [0.3, 0.4) is 0 Å². The van der Waals surface area contributed by atoms with Crippen LogP contribution in [0.5, 0.6) is 0 Å². The van der Waals surface area contributed by atoms with Crippen molar-refractivity contribution in [1.29, 1.82) is 0 Å². The maximum atomic E-state index is 12.5. The lowest BCUT2D eigenvalue weighted by Crippen LogP contribution is -2.40. The van der Waals surface area contributed by atoms with Crippen LogP contribution in [0.15, 0.2) is 0 Å². The first kappa shape index (κ1) is 13.9. The Morgan fingerprint density at radius 1 is 1.00 bits per heavy atom. The second-order valence-electron chi connectivity index (χ2n) is 6.64. The van der Waals surface area contributed by atoms with E-state index in [1.54, 1.807) is 0 Å². The molecule has 2 aliphatic rings. The molecular formula is C16H29NO. The lowest BCUT2D eigenvalue weighted by atomic mass is 9.86. The molecule has 0 aromatic carbocycles. The lowest BCUT2D eigenvalue weighted by molar-refractivity contribution is -0.134. The molecule has 0 unspecified atom stereocenters. The number of hydrogen-bond acceptors (Lipinski definition) is 1. The predicted octanol–water partition coefficient (Wildman–Crippen LogP) is 3.99. The van der Waals surface area contributed by atoms with Gasteiger partial charge in [-0.2, -0.15) is 0 Å². The Labute approximate surface area is 112 Å². The fourth-order valence-corrected chi connectivity index (χ4v) is 3.63. The van der Waals surface area contributed by atoms with Crippen LogP contribution in [0.25, 0.3) is 0 Å². The van der Waals surface area contributed by atoms with Gasteiger partial charge in [-0.1, -0.05) is 32.6 Å². The summed E-state index contributed by atoms with van der Waals surface area (Å²) in [7, 11) is 0. The average Bonchev–Trinajstić information content (AvgIpc) is 2.52. The Morgan fingerprint density at radius 3 is 2.44 bits per heavy atom. The van der Waals surface area contributed by atoms with Crippen LogP contribution < -0.4 is 0 Å². The normalized spacial score (nSPS) is 31.1. The molecule has 0 radical (unpaired) electrons. The smallest absolute Gasteiger partial charge is 0.223 e.